The Labute approximate surface area is 127 Å². The lowest BCUT2D eigenvalue weighted by atomic mass is 10.1. The van der Waals surface area contributed by atoms with Crippen molar-refractivity contribution >= 4 is 21.8 Å². The van der Waals surface area contributed by atoms with Gasteiger partial charge >= 0.3 is 0 Å². The highest BCUT2D eigenvalue weighted by Crippen LogP contribution is 2.27. The number of benzene rings is 1. The van der Waals surface area contributed by atoms with Gasteiger partial charge in [-0.2, -0.15) is 0 Å². The average Bonchev–Trinajstić information content (AvgIpc) is 2.46. The molecule has 2 rings (SSSR count). The number of morpholine rings is 1. The van der Waals surface area contributed by atoms with Crippen LogP contribution in [0.2, 0.25) is 0 Å². The summed E-state index contributed by atoms with van der Waals surface area (Å²) in [5.41, 5.74) is 7.59. The van der Waals surface area contributed by atoms with Crippen LogP contribution >= 0.6 is 15.9 Å². The molecule has 1 aliphatic rings. The van der Waals surface area contributed by atoms with E-state index in [1.165, 1.54) is 0 Å². The van der Waals surface area contributed by atoms with Crippen LogP contribution in [0.4, 0.5) is 0 Å². The van der Waals surface area contributed by atoms with E-state index in [-0.39, 0.29) is 12.5 Å². The maximum absolute atomic E-state index is 12.1. The fraction of sp³-hybridized carbons (Fsp3) is 0.500. The molecule has 0 radical (unpaired) electrons. The molecule has 0 atom stereocenters. The van der Waals surface area contributed by atoms with Crippen LogP contribution in [0.25, 0.3) is 0 Å². The monoisotopic (exact) mass is 342 g/mol. The highest BCUT2D eigenvalue weighted by Gasteiger charge is 2.18. The van der Waals surface area contributed by atoms with Gasteiger partial charge in [-0.3, -0.25) is 4.79 Å². The molecule has 2 N–H and O–H groups in total. The number of amides is 1. The van der Waals surface area contributed by atoms with Crippen molar-refractivity contribution in [3.63, 3.8) is 0 Å². The zero-order chi connectivity index (χ0) is 14.5. The predicted molar refractivity (Wildman–Crippen MR) is 79.7 cm³/mol. The van der Waals surface area contributed by atoms with Crippen molar-refractivity contribution in [3.8, 4) is 5.75 Å². The fourth-order valence-corrected chi connectivity index (χ4v) is 2.82. The van der Waals surface area contributed by atoms with Gasteiger partial charge < -0.3 is 20.1 Å². The van der Waals surface area contributed by atoms with Crippen molar-refractivity contribution in [2.45, 2.75) is 13.5 Å². The Morgan fingerprint density at radius 1 is 1.45 bits per heavy atom. The third kappa shape index (κ3) is 3.71. The number of aryl methyl sites for hydroxylation is 1. The second-order valence-electron chi connectivity index (χ2n) is 4.70. The summed E-state index contributed by atoms with van der Waals surface area (Å²) in [5, 5.41) is 0. The zero-order valence-corrected chi connectivity index (χ0v) is 13.1. The Morgan fingerprint density at radius 2 is 2.15 bits per heavy atom. The third-order valence-electron chi connectivity index (χ3n) is 3.24. The summed E-state index contributed by atoms with van der Waals surface area (Å²) in [7, 11) is 0. The number of nitrogens with zero attached hydrogens (tertiary/aromatic N) is 1. The van der Waals surface area contributed by atoms with Gasteiger partial charge in [0.1, 0.15) is 5.75 Å². The van der Waals surface area contributed by atoms with E-state index in [2.05, 4.69) is 15.9 Å². The highest BCUT2D eigenvalue weighted by molar-refractivity contribution is 9.10. The van der Waals surface area contributed by atoms with Crippen LogP contribution in [0.15, 0.2) is 16.6 Å². The molecule has 1 heterocycles. The van der Waals surface area contributed by atoms with E-state index in [0.717, 1.165) is 15.6 Å². The number of carbonyl (C=O) groups excluding carboxylic acids is 1. The number of nitrogens with two attached hydrogens (primary N) is 1. The van der Waals surface area contributed by atoms with Crippen LogP contribution in [-0.2, 0) is 16.1 Å². The van der Waals surface area contributed by atoms with Crippen LogP contribution in [0.3, 0.4) is 0 Å². The average molecular weight is 343 g/mol. The number of hydrogen-bond acceptors (Lipinski definition) is 4. The Morgan fingerprint density at radius 3 is 2.80 bits per heavy atom. The fourth-order valence-electron chi connectivity index (χ4n) is 2.20. The number of rotatable bonds is 4. The van der Waals surface area contributed by atoms with Crippen LogP contribution in [0, 0.1) is 6.92 Å². The molecule has 0 aromatic heterocycles. The van der Waals surface area contributed by atoms with Crippen molar-refractivity contribution in [3.05, 3.63) is 27.7 Å². The molecule has 0 bridgehead atoms. The summed E-state index contributed by atoms with van der Waals surface area (Å²) >= 11 is 3.43. The minimum absolute atomic E-state index is 0.0152. The van der Waals surface area contributed by atoms with E-state index in [1.54, 1.807) is 4.90 Å². The van der Waals surface area contributed by atoms with E-state index >= 15 is 0 Å². The molecule has 0 spiro atoms. The van der Waals surface area contributed by atoms with Crippen LogP contribution in [0.1, 0.15) is 11.1 Å². The Hall–Kier alpha value is -1.11. The molecule has 1 aromatic carbocycles. The summed E-state index contributed by atoms with van der Waals surface area (Å²) < 4.78 is 11.9. The summed E-state index contributed by atoms with van der Waals surface area (Å²) in [6.45, 7) is 4.81. The molecule has 1 amide bonds. The first-order chi connectivity index (χ1) is 9.61. The lowest BCUT2D eigenvalue weighted by molar-refractivity contribution is -0.137. The molecule has 1 fully saturated rings. The second-order valence-corrected chi connectivity index (χ2v) is 5.61. The van der Waals surface area contributed by atoms with E-state index in [0.29, 0.717) is 38.6 Å². The van der Waals surface area contributed by atoms with E-state index in [1.807, 2.05) is 19.1 Å². The van der Waals surface area contributed by atoms with Crippen LogP contribution in [0.5, 0.6) is 5.75 Å². The first-order valence-corrected chi connectivity index (χ1v) is 7.38. The molecular weight excluding hydrogens is 324 g/mol. The third-order valence-corrected chi connectivity index (χ3v) is 3.70. The van der Waals surface area contributed by atoms with Crippen LogP contribution in [-0.4, -0.2) is 43.7 Å². The van der Waals surface area contributed by atoms with Gasteiger partial charge in [0.15, 0.2) is 6.61 Å². The van der Waals surface area contributed by atoms with Crippen molar-refractivity contribution < 1.29 is 14.3 Å². The normalized spacial score (nSPS) is 15.2. The van der Waals surface area contributed by atoms with Gasteiger partial charge in [0.05, 0.1) is 13.2 Å². The lowest BCUT2D eigenvalue weighted by Crippen LogP contribution is -2.43. The quantitative estimate of drug-likeness (QED) is 0.899. The summed E-state index contributed by atoms with van der Waals surface area (Å²) in [6.07, 6.45) is 0. The number of halogens is 1. The first-order valence-electron chi connectivity index (χ1n) is 6.59. The summed E-state index contributed by atoms with van der Waals surface area (Å²) in [5.74, 6) is 0.691. The molecule has 0 aliphatic carbocycles. The van der Waals surface area contributed by atoms with Gasteiger partial charge in [-0.1, -0.05) is 15.9 Å². The topological polar surface area (TPSA) is 64.8 Å². The highest BCUT2D eigenvalue weighted by atomic mass is 79.9. The second kappa shape index (κ2) is 7.06. The maximum atomic E-state index is 12.1. The van der Waals surface area contributed by atoms with Gasteiger partial charge in [0, 0.05) is 29.7 Å². The molecule has 5 nitrogen and oxygen atoms in total. The Balaban J connectivity index is 2.01. The lowest BCUT2D eigenvalue weighted by Gasteiger charge is -2.27. The molecular formula is C14H19BrN2O3. The molecule has 6 heteroatoms. The molecule has 110 valence electrons. The van der Waals surface area contributed by atoms with Gasteiger partial charge in [-0.05, 0) is 24.6 Å². The van der Waals surface area contributed by atoms with E-state index < -0.39 is 0 Å². The number of hydrogen-bond donors (Lipinski definition) is 1. The summed E-state index contributed by atoms with van der Waals surface area (Å²) in [6, 6.07) is 3.87. The zero-order valence-electron chi connectivity index (χ0n) is 11.5. The molecule has 0 unspecified atom stereocenters. The van der Waals surface area contributed by atoms with E-state index in [9.17, 15) is 4.79 Å². The summed E-state index contributed by atoms with van der Waals surface area (Å²) in [4.78, 5) is 13.8. The van der Waals surface area contributed by atoms with E-state index in [4.69, 9.17) is 15.2 Å². The Kier molecular flexibility index (Phi) is 5.39. The predicted octanol–water partition coefficient (Wildman–Crippen LogP) is 1.45. The molecule has 1 aromatic rings. The van der Waals surface area contributed by atoms with Crippen molar-refractivity contribution in [1.82, 2.24) is 4.90 Å². The van der Waals surface area contributed by atoms with Crippen molar-refractivity contribution in [2.24, 2.45) is 5.73 Å². The van der Waals surface area contributed by atoms with Gasteiger partial charge in [-0.25, -0.2) is 0 Å². The van der Waals surface area contributed by atoms with Crippen LogP contribution < -0.4 is 10.5 Å². The van der Waals surface area contributed by atoms with Crippen molar-refractivity contribution in [2.75, 3.05) is 32.9 Å². The van der Waals surface area contributed by atoms with Gasteiger partial charge in [0.25, 0.3) is 5.91 Å². The SMILES string of the molecule is Cc1cc(Br)cc(CN)c1OCC(=O)N1CCOCC1. The first kappa shape index (κ1) is 15.3. The molecule has 1 saturated heterocycles. The maximum Gasteiger partial charge on any atom is 0.260 e. The number of ether oxygens (including phenoxy) is 2. The molecule has 0 saturated carbocycles. The number of carbonyl (C=O) groups is 1. The minimum atomic E-state index is -0.0152. The van der Waals surface area contributed by atoms with Gasteiger partial charge in [-0.15, -0.1) is 0 Å². The largest absolute Gasteiger partial charge is 0.483 e. The molecule has 20 heavy (non-hydrogen) atoms. The standard InChI is InChI=1S/C14H19BrN2O3/c1-10-6-12(15)7-11(8-16)14(10)20-9-13(18)17-2-4-19-5-3-17/h6-7H,2-5,8-9,16H2,1H3. The minimum Gasteiger partial charge on any atom is -0.483 e. The smallest absolute Gasteiger partial charge is 0.260 e. The Bertz CT molecular complexity index is 488. The molecule has 1 aliphatic heterocycles. The van der Waals surface area contributed by atoms with Gasteiger partial charge in [0.2, 0.25) is 0 Å². The van der Waals surface area contributed by atoms with Crippen molar-refractivity contribution in [1.29, 1.82) is 0 Å².